The maximum absolute atomic E-state index is 13.4. The molecule has 0 bridgehead atoms. The van der Waals surface area contributed by atoms with E-state index in [-0.39, 0.29) is 11.3 Å². The number of ketones is 1. The molecule has 6 heteroatoms. The van der Waals surface area contributed by atoms with E-state index in [0.29, 0.717) is 11.3 Å². The molecule has 1 atom stereocenters. The van der Waals surface area contributed by atoms with Crippen LogP contribution in [0.2, 0.25) is 0 Å². The fraction of sp³-hybridized carbons (Fsp3) is 0.241. The lowest BCUT2D eigenvalue weighted by atomic mass is 9.94. The fourth-order valence-corrected chi connectivity index (χ4v) is 4.96. The molecule has 1 aliphatic rings. The van der Waals surface area contributed by atoms with Crippen LogP contribution >= 0.6 is 15.9 Å². The zero-order valence-electron chi connectivity index (χ0n) is 20.4. The van der Waals surface area contributed by atoms with Gasteiger partial charge in [0.1, 0.15) is 5.76 Å². The number of halogens is 1. The molecule has 3 aromatic rings. The first kappa shape index (κ1) is 24.7. The van der Waals surface area contributed by atoms with Crippen molar-refractivity contribution in [1.29, 1.82) is 0 Å². The Morgan fingerprint density at radius 1 is 0.943 bits per heavy atom. The lowest BCUT2D eigenvalue weighted by molar-refractivity contribution is -0.132. The Balaban J connectivity index is 1.92. The number of aliphatic hydroxyl groups is 1. The average Bonchev–Trinajstić information content (AvgIpc) is 3.11. The zero-order valence-corrected chi connectivity index (χ0v) is 22.0. The number of hydrogen-bond donors (Lipinski definition) is 1. The molecule has 0 spiro atoms. The monoisotopic (exact) mass is 532 g/mol. The van der Waals surface area contributed by atoms with Crippen molar-refractivity contribution in [3.05, 3.63) is 99.0 Å². The van der Waals surface area contributed by atoms with Gasteiger partial charge in [-0.15, -0.1) is 0 Å². The van der Waals surface area contributed by atoms with Crippen LogP contribution in [0.25, 0.3) is 5.76 Å². The van der Waals surface area contributed by atoms with Crippen LogP contribution in [-0.4, -0.2) is 29.9 Å². The molecule has 3 aromatic carbocycles. The molecule has 1 unspecified atom stereocenters. The second kappa shape index (κ2) is 10.1. The number of nitrogens with zero attached hydrogens (tertiary/aromatic N) is 2. The van der Waals surface area contributed by atoms with Gasteiger partial charge in [-0.1, -0.05) is 57.9 Å². The Hall–Kier alpha value is -3.38. The van der Waals surface area contributed by atoms with Crippen molar-refractivity contribution in [1.82, 2.24) is 0 Å². The van der Waals surface area contributed by atoms with Gasteiger partial charge in [-0.3, -0.25) is 14.5 Å². The van der Waals surface area contributed by atoms with Gasteiger partial charge in [0.2, 0.25) is 0 Å². The predicted octanol–water partition coefficient (Wildman–Crippen LogP) is 6.54. The van der Waals surface area contributed by atoms with Gasteiger partial charge in [0.25, 0.3) is 11.7 Å². The smallest absolute Gasteiger partial charge is 0.300 e. The maximum Gasteiger partial charge on any atom is 0.300 e. The minimum absolute atomic E-state index is 0.0906. The van der Waals surface area contributed by atoms with Gasteiger partial charge in [0.05, 0.1) is 11.6 Å². The highest BCUT2D eigenvalue weighted by atomic mass is 79.9. The van der Waals surface area contributed by atoms with Crippen LogP contribution in [0.4, 0.5) is 11.4 Å². The minimum Gasteiger partial charge on any atom is -0.507 e. The first-order valence-corrected chi connectivity index (χ1v) is 12.5. The number of benzene rings is 3. The number of carbonyl (C=O) groups is 2. The van der Waals surface area contributed by atoms with Crippen molar-refractivity contribution in [2.45, 2.75) is 33.7 Å². The van der Waals surface area contributed by atoms with E-state index in [4.69, 9.17) is 0 Å². The Kier molecular flexibility index (Phi) is 7.13. The lowest BCUT2D eigenvalue weighted by Crippen LogP contribution is -2.30. The summed E-state index contributed by atoms with van der Waals surface area (Å²) in [4.78, 5) is 30.5. The van der Waals surface area contributed by atoms with E-state index in [2.05, 4.69) is 34.7 Å². The summed E-state index contributed by atoms with van der Waals surface area (Å²) in [6.45, 7) is 9.87. The van der Waals surface area contributed by atoms with Gasteiger partial charge in [-0.25, -0.2) is 0 Å². The van der Waals surface area contributed by atoms with Crippen LogP contribution in [0.15, 0.2) is 76.8 Å². The maximum atomic E-state index is 13.4. The van der Waals surface area contributed by atoms with E-state index in [0.717, 1.165) is 39.9 Å². The standard InChI is InChI=1S/C29H29BrN2O3/c1-5-31(6-2)23-14-10-20(11-15-23)26-25(27(33)21-8-12-22(30)13-9-21)28(34)29(35)32(26)24-16-7-18(3)17-19(24)4/h7-17,26,33H,5-6H2,1-4H3/b27-25+. The molecule has 5 nitrogen and oxygen atoms in total. The van der Waals surface area contributed by atoms with E-state index in [1.165, 1.54) is 4.90 Å². The van der Waals surface area contributed by atoms with Gasteiger partial charge < -0.3 is 10.0 Å². The van der Waals surface area contributed by atoms with Crippen molar-refractivity contribution < 1.29 is 14.7 Å². The summed E-state index contributed by atoms with van der Waals surface area (Å²) >= 11 is 3.40. The second-order valence-electron chi connectivity index (χ2n) is 8.73. The van der Waals surface area contributed by atoms with E-state index in [1.54, 1.807) is 24.3 Å². The summed E-state index contributed by atoms with van der Waals surface area (Å²) < 4.78 is 0.855. The van der Waals surface area contributed by atoms with Crippen LogP contribution in [-0.2, 0) is 9.59 Å². The third kappa shape index (κ3) is 4.63. The summed E-state index contributed by atoms with van der Waals surface area (Å²) in [5, 5.41) is 11.3. The topological polar surface area (TPSA) is 60.9 Å². The first-order chi connectivity index (χ1) is 16.8. The molecular formula is C29H29BrN2O3. The van der Waals surface area contributed by atoms with Crippen LogP contribution in [0.5, 0.6) is 0 Å². The fourth-order valence-electron chi connectivity index (χ4n) is 4.69. The van der Waals surface area contributed by atoms with Crippen molar-refractivity contribution in [2.24, 2.45) is 0 Å². The molecule has 0 saturated carbocycles. The van der Waals surface area contributed by atoms with Crippen molar-refractivity contribution in [3.63, 3.8) is 0 Å². The second-order valence-corrected chi connectivity index (χ2v) is 9.65. The number of aliphatic hydroxyl groups excluding tert-OH is 1. The highest BCUT2D eigenvalue weighted by Crippen LogP contribution is 2.43. The number of hydrogen-bond acceptors (Lipinski definition) is 4. The third-order valence-electron chi connectivity index (χ3n) is 6.51. The predicted molar refractivity (Wildman–Crippen MR) is 145 cm³/mol. The van der Waals surface area contributed by atoms with Crippen LogP contribution < -0.4 is 9.80 Å². The van der Waals surface area contributed by atoms with E-state index in [1.807, 2.05) is 56.3 Å². The lowest BCUT2D eigenvalue weighted by Gasteiger charge is -2.28. The normalized spacial score (nSPS) is 17.2. The summed E-state index contributed by atoms with van der Waals surface area (Å²) in [5.41, 5.74) is 5.02. The molecule has 1 saturated heterocycles. The van der Waals surface area contributed by atoms with Crippen LogP contribution in [0.3, 0.4) is 0 Å². The zero-order chi connectivity index (χ0) is 25.3. The molecular weight excluding hydrogens is 504 g/mol. The highest BCUT2D eigenvalue weighted by molar-refractivity contribution is 9.10. The van der Waals surface area contributed by atoms with Gasteiger partial charge >= 0.3 is 0 Å². The number of rotatable bonds is 6. The Labute approximate surface area is 214 Å². The van der Waals surface area contributed by atoms with E-state index in [9.17, 15) is 14.7 Å². The number of anilines is 2. The Morgan fingerprint density at radius 2 is 1.57 bits per heavy atom. The molecule has 0 radical (unpaired) electrons. The van der Waals surface area contributed by atoms with Crippen LogP contribution in [0, 0.1) is 13.8 Å². The first-order valence-electron chi connectivity index (χ1n) is 11.8. The molecule has 1 heterocycles. The highest BCUT2D eigenvalue weighted by Gasteiger charge is 2.47. The van der Waals surface area contributed by atoms with Crippen molar-refractivity contribution in [3.8, 4) is 0 Å². The SMILES string of the molecule is CCN(CC)c1ccc(C2/C(=C(\O)c3ccc(Br)cc3)C(=O)C(=O)N2c2ccc(C)cc2C)cc1. The number of carbonyl (C=O) groups excluding carboxylic acids is 2. The minimum atomic E-state index is -0.745. The Bertz CT molecular complexity index is 1290. The molecule has 0 aliphatic carbocycles. The van der Waals surface area contributed by atoms with Gasteiger partial charge in [-0.05, 0) is 69.2 Å². The molecule has 1 aliphatic heterocycles. The molecule has 1 N–H and O–H groups in total. The van der Waals surface area contributed by atoms with E-state index >= 15 is 0 Å². The number of aryl methyl sites for hydroxylation is 2. The third-order valence-corrected chi connectivity index (χ3v) is 7.04. The van der Waals surface area contributed by atoms with E-state index < -0.39 is 17.7 Å². The average molecular weight is 533 g/mol. The molecule has 1 amide bonds. The molecule has 35 heavy (non-hydrogen) atoms. The summed E-state index contributed by atoms with van der Waals surface area (Å²) in [5.74, 6) is -1.52. The number of amides is 1. The van der Waals surface area contributed by atoms with Crippen molar-refractivity contribution >= 4 is 44.8 Å². The summed E-state index contributed by atoms with van der Waals surface area (Å²) in [6.07, 6.45) is 0. The molecule has 4 rings (SSSR count). The summed E-state index contributed by atoms with van der Waals surface area (Å²) in [6, 6.07) is 20.0. The quantitative estimate of drug-likeness (QED) is 0.222. The Morgan fingerprint density at radius 3 is 2.14 bits per heavy atom. The molecule has 1 fully saturated rings. The summed E-state index contributed by atoms with van der Waals surface area (Å²) in [7, 11) is 0. The van der Waals surface area contributed by atoms with Gasteiger partial charge in [0, 0.05) is 34.5 Å². The van der Waals surface area contributed by atoms with Crippen molar-refractivity contribution in [2.75, 3.05) is 22.9 Å². The van der Waals surface area contributed by atoms with Gasteiger partial charge in [-0.2, -0.15) is 0 Å². The van der Waals surface area contributed by atoms with Crippen LogP contribution in [0.1, 0.15) is 42.1 Å². The van der Waals surface area contributed by atoms with Gasteiger partial charge in [0.15, 0.2) is 0 Å². The molecule has 180 valence electrons. The largest absolute Gasteiger partial charge is 0.507 e. The number of Topliss-reactive ketones (excluding diaryl/α,β-unsaturated/α-hetero) is 1. The molecule has 0 aromatic heterocycles.